The quantitative estimate of drug-likeness (QED) is 0.251. The van der Waals surface area contributed by atoms with Crippen LogP contribution in [0, 0.1) is 5.41 Å². The predicted octanol–water partition coefficient (Wildman–Crippen LogP) is 5.04. The number of benzene rings is 2. The number of H-pyrrole nitrogens is 1. The monoisotopic (exact) mass is 643 g/mol. The minimum atomic E-state index is 0.0808. The molecular formula is C37H41N9O2. The van der Waals surface area contributed by atoms with Crippen LogP contribution in [0.1, 0.15) is 32.3 Å². The molecule has 2 saturated heterocycles. The first-order valence-corrected chi connectivity index (χ1v) is 16.8. The maximum Gasteiger partial charge on any atom is 0.237 e. The van der Waals surface area contributed by atoms with E-state index in [1.54, 1.807) is 11.0 Å². The van der Waals surface area contributed by atoms with Crippen molar-refractivity contribution < 1.29 is 9.53 Å². The van der Waals surface area contributed by atoms with Crippen molar-refractivity contribution in [1.82, 2.24) is 39.7 Å². The molecule has 5 aromatic rings. The van der Waals surface area contributed by atoms with Crippen LogP contribution in [0.3, 0.4) is 0 Å². The molecule has 0 bridgehead atoms. The summed E-state index contributed by atoms with van der Waals surface area (Å²) in [7, 11) is 1.87. The number of fused-ring (bicyclic) bond motifs is 1. The van der Waals surface area contributed by atoms with Gasteiger partial charge in [-0.05, 0) is 62.1 Å². The zero-order chi connectivity index (χ0) is 32.8. The molecule has 246 valence electrons. The molecule has 2 aromatic carbocycles. The van der Waals surface area contributed by atoms with Gasteiger partial charge in [0.15, 0.2) is 5.82 Å². The largest absolute Gasteiger partial charge is 0.475 e. The Morgan fingerprint density at radius 3 is 2.50 bits per heavy atom. The number of aryl methyl sites for hydroxylation is 1. The second-order valence-electron chi connectivity index (χ2n) is 13.8. The number of nitrogens with zero attached hydrogens (tertiary/aromatic N) is 8. The van der Waals surface area contributed by atoms with Gasteiger partial charge in [-0.25, -0.2) is 9.97 Å². The summed E-state index contributed by atoms with van der Waals surface area (Å²) in [5, 5.41) is 13.3. The number of rotatable bonds is 8. The van der Waals surface area contributed by atoms with E-state index >= 15 is 0 Å². The Bertz CT molecular complexity index is 1970. The number of hydrogen-bond donors (Lipinski definition) is 1. The summed E-state index contributed by atoms with van der Waals surface area (Å²) in [4.78, 5) is 28.9. The smallest absolute Gasteiger partial charge is 0.237 e. The minimum absolute atomic E-state index is 0.0808. The summed E-state index contributed by atoms with van der Waals surface area (Å²) in [6.45, 7) is 9.86. The van der Waals surface area contributed by atoms with Crippen molar-refractivity contribution in [1.29, 1.82) is 0 Å². The van der Waals surface area contributed by atoms with Gasteiger partial charge in [0.2, 0.25) is 11.8 Å². The highest BCUT2D eigenvalue weighted by Crippen LogP contribution is 2.42. The Labute approximate surface area is 280 Å². The molecule has 0 saturated carbocycles. The molecule has 0 aliphatic carbocycles. The molecular weight excluding hydrogens is 602 g/mol. The van der Waals surface area contributed by atoms with Gasteiger partial charge in [-0.3, -0.25) is 19.5 Å². The van der Waals surface area contributed by atoms with Crippen LogP contribution in [0.4, 0.5) is 5.69 Å². The summed E-state index contributed by atoms with van der Waals surface area (Å²) in [5.41, 5.74) is 7.82. The zero-order valence-corrected chi connectivity index (χ0v) is 27.8. The van der Waals surface area contributed by atoms with Crippen molar-refractivity contribution in [3.05, 3.63) is 78.8 Å². The fourth-order valence-corrected chi connectivity index (χ4v) is 7.43. The molecule has 2 fully saturated rings. The summed E-state index contributed by atoms with van der Waals surface area (Å²) in [5.74, 6) is 1.57. The molecule has 11 heteroatoms. The molecule has 3 aliphatic heterocycles. The third-order valence-corrected chi connectivity index (χ3v) is 9.87. The Kier molecular flexibility index (Phi) is 7.71. The number of anilines is 1. The van der Waals surface area contributed by atoms with Gasteiger partial charge in [-0.2, -0.15) is 10.2 Å². The first kappa shape index (κ1) is 30.3. The second kappa shape index (κ2) is 12.2. The van der Waals surface area contributed by atoms with Gasteiger partial charge in [0.05, 0.1) is 18.2 Å². The Hall–Kier alpha value is -5.03. The standard InChI is InChI=1S/C37H41N9O2/c1-25(2)48-33-11-8-29(19-38-33)35-31-18-30(9-10-32(31)40-41-35)46-17-14-37(23-46)21-44(22-37)20-34(47)45-15-12-27(13-16-45)26-4-6-28(7-5-26)36-39-24-43(3)42-36/h4-12,18-19,24-25H,13-17,20-23H2,1-3H3,(H,40,41). The van der Waals surface area contributed by atoms with Crippen LogP contribution in [-0.2, 0) is 11.8 Å². The zero-order valence-electron chi connectivity index (χ0n) is 27.8. The van der Waals surface area contributed by atoms with Crippen molar-refractivity contribution in [3.63, 3.8) is 0 Å². The summed E-state index contributed by atoms with van der Waals surface area (Å²) < 4.78 is 7.42. The molecule has 0 radical (unpaired) electrons. The molecule has 1 amide bonds. The molecule has 11 nitrogen and oxygen atoms in total. The van der Waals surface area contributed by atoms with E-state index in [4.69, 9.17) is 4.74 Å². The van der Waals surface area contributed by atoms with Crippen molar-refractivity contribution in [3.8, 4) is 28.5 Å². The van der Waals surface area contributed by atoms with Crippen molar-refractivity contribution in [2.75, 3.05) is 50.7 Å². The number of aromatic amines is 1. The van der Waals surface area contributed by atoms with Crippen LogP contribution >= 0.6 is 0 Å². The molecule has 48 heavy (non-hydrogen) atoms. The summed E-state index contributed by atoms with van der Waals surface area (Å²) in [6, 6.07) is 18.9. The van der Waals surface area contributed by atoms with Crippen LogP contribution in [0.5, 0.6) is 5.88 Å². The second-order valence-corrected chi connectivity index (χ2v) is 13.8. The van der Waals surface area contributed by atoms with Gasteiger partial charge >= 0.3 is 0 Å². The van der Waals surface area contributed by atoms with E-state index in [0.29, 0.717) is 19.0 Å². The number of hydrogen-bond acceptors (Lipinski definition) is 8. The number of carbonyl (C=O) groups excluding carboxylic acids is 1. The number of carbonyl (C=O) groups is 1. The molecule has 1 N–H and O–H groups in total. The Morgan fingerprint density at radius 2 is 1.79 bits per heavy atom. The first-order valence-electron chi connectivity index (χ1n) is 16.8. The molecule has 3 aromatic heterocycles. The third-order valence-electron chi connectivity index (χ3n) is 9.87. The number of aromatic nitrogens is 6. The minimum Gasteiger partial charge on any atom is -0.475 e. The van der Waals surface area contributed by atoms with Crippen LogP contribution < -0.4 is 9.64 Å². The van der Waals surface area contributed by atoms with Gasteiger partial charge in [0, 0.05) is 86.2 Å². The normalized spacial score (nSPS) is 17.7. The fourth-order valence-electron chi connectivity index (χ4n) is 7.43. The van der Waals surface area contributed by atoms with Crippen LogP contribution in [-0.4, -0.2) is 97.6 Å². The lowest BCUT2D eigenvalue weighted by Crippen LogP contribution is -2.59. The number of nitrogens with one attached hydrogen (secondary N) is 1. The van der Waals surface area contributed by atoms with Crippen molar-refractivity contribution in [2.45, 2.75) is 32.8 Å². The highest BCUT2D eigenvalue weighted by Gasteiger charge is 2.48. The molecule has 3 aliphatic rings. The van der Waals surface area contributed by atoms with E-state index in [9.17, 15) is 4.79 Å². The Morgan fingerprint density at radius 1 is 0.979 bits per heavy atom. The lowest BCUT2D eigenvalue weighted by atomic mass is 9.79. The number of likely N-dealkylation sites (tertiary alicyclic amines) is 1. The van der Waals surface area contributed by atoms with Crippen molar-refractivity contribution >= 4 is 28.1 Å². The van der Waals surface area contributed by atoms with E-state index in [2.05, 4.69) is 83.6 Å². The predicted molar refractivity (Wildman–Crippen MR) is 186 cm³/mol. The lowest BCUT2D eigenvalue weighted by Gasteiger charge is -2.48. The Balaban J connectivity index is 0.849. The maximum absolute atomic E-state index is 13.3. The fraction of sp³-hybridized carbons (Fsp3) is 0.378. The van der Waals surface area contributed by atoms with E-state index in [1.165, 1.54) is 16.8 Å². The highest BCUT2D eigenvalue weighted by atomic mass is 16.5. The van der Waals surface area contributed by atoms with Crippen molar-refractivity contribution in [2.24, 2.45) is 12.5 Å². The third kappa shape index (κ3) is 5.94. The van der Waals surface area contributed by atoms with Gasteiger partial charge in [-0.15, -0.1) is 0 Å². The number of amides is 1. The van der Waals surface area contributed by atoms with E-state index in [0.717, 1.165) is 79.1 Å². The average Bonchev–Trinajstić information content (AvgIpc) is 3.83. The number of ether oxygens (including phenoxy) is 1. The molecule has 0 atom stereocenters. The first-order chi connectivity index (χ1) is 23.3. The van der Waals surface area contributed by atoms with Gasteiger partial charge in [0.25, 0.3) is 0 Å². The van der Waals surface area contributed by atoms with Gasteiger partial charge in [-0.1, -0.05) is 30.3 Å². The maximum atomic E-state index is 13.3. The van der Waals surface area contributed by atoms with E-state index < -0.39 is 0 Å². The van der Waals surface area contributed by atoms with Crippen LogP contribution in [0.25, 0.3) is 39.1 Å². The van der Waals surface area contributed by atoms with Crippen LogP contribution in [0.15, 0.2) is 73.2 Å². The average molecular weight is 644 g/mol. The number of pyridine rings is 1. The molecule has 1 spiro atoms. The lowest BCUT2D eigenvalue weighted by molar-refractivity contribution is -0.135. The van der Waals surface area contributed by atoms with E-state index in [-0.39, 0.29) is 17.4 Å². The highest BCUT2D eigenvalue weighted by molar-refractivity contribution is 5.95. The summed E-state index contributed by atoms with van der Waals surface area (Å²) in [6.07, 6.45) is 7.83. The van der Waals surface area contributed by atoms with Crippen LogP contribution in [0.2, 0.25) is 0 Å². The topological polar surface area (TPSA) is 108 Å². The van der Waals surface area contributed by atoms with E-state index in [1.807, 2.05) is 44.1 Å². The summed E-state index contributed by atoms with van der Waals surface area (Å²) >= 11 is 0. The molecule has 0 unspecified atom stereocenters. The molecule has 8 rings (SSSR count). The van der Waals surface area contributed by atoms with Gasteiger partial charge in [0.1, 0.15) is 12.0 Å². The molecule has 6 heterocycles. The van der Waals surface area contributed by atoms with Gasteiger partial charge < -0.3 is 14.5 Å². The SMILES string of the molecule is CC(C)Oc1ccc(-c2n[nH]c3ccc(N4CCC5(CN(CC(=O)N6CC=C(c7ccc(-c8ncn(C)n8)cc7)CC6)C5)C4)cc23)cn1.